The first-order valence-corrected chi connectivity index (χ1v) is 10.2. The van der Waals surface area contributed by atoms with Gasteiger partial charge < -0.3 is 14.7 Å². The fourth-order valence-electron chi connectivity index (χ4n) is 5.15. The van der Waals surface area contributed by atoms with Crippen LogP contribution in [0, 0.1) is 18.8 Å². The van der Waals surface area contributed by atoms with Crippen molar-refractivity contribution in [1.82, 2.24) is 25.6 Å². The molecule has 2 bridgehead atoms. The van der Waals surface area contributed by atoms with Gasteiger partial charge in [-0.25, -0.2) is 0 Å². The van der Waals surface area contributed by atoms with Crippen LogP contribution in [-0.4, -0.2) is 51.2 Å². The van der Waals surface area contributed by atoms with Crippen molar-refractivity contribution < 1.29 is 14.1 Å². The lowest BCUT2D eigenvalue weighted by molar-refractivity contribution is -0.133. The van der Waals surface area contributed by atoms with Crippen LogP contribution >= 0.6 is 0 Å². The summed E-state index contributed by atoms with van der Waals surface area (Å²) in [5.74, 6) is 1.21. The molecule has 2 amide bonds. The summed E-state index contributed by atoms with van der Waals surface area (Å²) in [6.45, 7) is 3.22. The van der Waals surface area contributed by atoms with Crippen LogP contribution in [0.4, 0.5) is 0 Å². The van der Waals surface area contributed by atoms with Gasteiger partial charge in [0.15, 0.2) is 5.69 Å². The monoisotopic (exact) mass is 383 g/mol. The molecule has 28 heavy (non-hydrogen) atoms. The van der Waals surface area contributed by atoms with Crippen LogP contribution < -0.4 is 5.32 Å². The predicted octanol–water partition coefficient (Wildman–Crippen LogP) is 1.40. The Morgan fingerprint density at radius 2 is 2.07 bits per heavy atom. The van der Waals surface area contributed by atoms with E-state index in [1.807, 2.05) is 17.9 Å². The van der Waals surface area contributed by atoms with Crippen molar-refractivity contribution in [1.29, 1.82) is 0 Å². The molecule has 1 unspecified atom stereocenters. The molecular weight excluding hydrogens is 358 g/mol. The lowest BCUT2D eigenvalue weighted by atomic mass is 9.91. The molecule has 2 aromatic rings. The second-order valence-corrected chi connectivity index (χ2v) is 8.39. The minimum Gasteiger partial charge on any atom is -0.361 e. The average molecular weight is 383 g/mol. The van der Waals surface area contributed by atoms with E-state index in [1.165, 1.54) is 0 Å². The summed E-state index contributed by atoms with van der Waals surface area (Å²) >= 11 is 0. The van der Waals surface area contributed by atoms with Gasteiger partial charge in [-0.05, 0) is 50.9 Å². The number of amides is 2. The number of hydrogen-bond donors (Lipinski definition) is 2. The number of rotatable bonds is 4. The van der Waals surface area contributed by atoms with Crippen molar-refractivity contribution in [2.24, 2.45) is 11.8 Å². The highest BCUT2D eigenvalue weighted by Gasteiger charge is 2.44. The molecule has 2 N–H and O–H groups in total. The second-order valence-electron chi connectivity index (χ2n) is 8.39. The van der Waals surface area contributed by atoms with Crippen LogP contribution in [0.1, 0.15) is 52.5 Å². The third-order valence-corrected chi connectivity index (χ3v) is 6.51. The lowest BCUT2D eigenvalue weighted by Gasteiger charge is -2.38. The Bertz CT molecular complexity index is 903. The molecule has 2 aliphatic carbocycles. The van der Waals surface area contributed by atoms with E-state index < -0.39 is 0 Å². The number of nitrogens with one attached hydrogen (secondary N) is 2. The quantitative estimate of drug-likeness (QED) is 0.831. The molecule has 2 fully saturated rings. The highest BCUT2D eigenvalue weighted by Crippen LogP contribution is 2.37. The van der Waals surface area contributed by atoms with Crippen LogP contribution in [0.2, 0.25) is 0 Å². The summed E-state index contributed by atoms with van der Waals surface area (Å²) in [4.78, 5) is 27.4. The largest absolute Gasteiger partial charge is 0.361 e. The Labute approximate surface area is 163 Å². The third kappa shape index (κ3) is 3.00. The Hall–Kier alpha value is -2.64. The van der Waals surface area contributed by atoms with E-state index >= 15 is 0 Å². The van der Waals surface area contributed by atoms with Gasteiger partial charge in [0.2, 0.25) is 5.91 Å². The smallest absolute Gasteiger partial charge is 0.272 e. The maximum Gasteiger partial charge on any atom is 0.272 e. The number of carbonyl (C=O) groups is 2. The van der Waals surface area contributed by atoms with E-state index in [-0.39, 0.29) is 24.3 Å². The Morgan fingerprint density at radius 3 is 2.79 bits per heavy atom. The highest BCUT2D eigenvalue weighted by molar-refractivity contribution is 5.94. The molecule has 1 saturated heterocycles. The molecule has 0 radical (unpaired) electrons. The normalized spacial score (nSPS) is 25.8. The van der Waals surface area contributed by atoms with Crippen molar-refractivity contribution in [2.75, 3.05) is 13.1 Å². The molecule has 8 nitrogen and oxygen atoms in total. The van der Waals surface area contributed by atoms with E-state index in [0.29, 0.717) is 36.4 Å². The third-order valence-electron chi connectivity index (χ3n) is 6.51. The summed E-state index contributed by atoms with van der Waals surface area (Å²) in [5.41, 5.74) is 3.54. The molecule has 8 heteroatoms. The van der Waals surface area contributed by atoms with Crippen molar-refractivity contribution in [3.05, 3.63) is 34.5 Å². The molecule has 0 aromatic carbocycles. The molecule has 5 rings (SSSR count). The average Bonchev–Trinajstić information content (AvgIpc) is 3.40. The van der Waals surface area contributed by atoms with Crippen molar-refractivity contribution in [3.63, 3.8) is 0 Å². The molecule has 3 atom stereocenters. The molecule has 148 valence electrons. The maximum absolute atomic E-state index is 12.8. The Morgan fingerprint density at radius 1 is 1.29 bits per heavy atom. The van der Waals surface area contributed by atoms with Gasteiger partial charge in [0, 0.05) is 36.5 Å². The topological polar surface area (TPSA) is 104 Å². The number of hydrogen-bond acceptors (Lipinski definition) is 5. The first kappa shape index (κ1) is 17.5. The van der Waals surface area contributed by atoms with Gasteiger partial charge in [-0.1, -0.05) is 5.16 Å². The number of fused-ring (bicyclic) bond motifs is 3. The number of nitrogens with zero attached hydrogens (tertiary/aromatic N) is 3. The van der Waals surface area contributed by atoms with Crippen LogP contribution in [0.5, 0.6) is 0 Å². The van der Waals surface area contributed by atoms with Gasteiger partial charge >= 0.3 is 0 Å². The molecule has 1 aliphatic heterocycles. The van der Waals surface area contributed by atoms with Gasteiger partial charge in [-0.15, -0.1) is 0 Å². The zero-order valence-corrected chi connectivity index (χ0v) is 16.0. The number of likely N-dealkylation sites (tertiary alicyclic amines) is 1. The van der Waals surface area contributed by atoms with Crippen molar-refractivity contribution in [3.8, 4) is 0 Å². The number of carbonyl (C=O) groups excluding carboxylic acids is 2. The number of aromatic amines is 1. The number of aromatic nitrogens is 3. The minimum atomic E-state index is -0.0711. The molecule has 1 saturated carbocycles. The van der Waals surface area contributed by atoms with E-state index in [4.69, 9.17) is 4.52 Å². The predicted molar refractivity (Wildman–Crippen MR) is 99.6 cm³/mol. The van der Waals surface area contributed by atoms with Gasteiger partial charge in [0.1, 0.15) is 5.76 Å². The van der Waals surface area contributed by atoms with Gasteiger partial charge in [-0.2, -0.15) is 5.10 Å². The molecule has 3 aliphatic rings. The molecule has 2 aromatic heterocycles. The maximum atomic E-state index is 12.8. The second kappa shape index (κ2) is 6.76. The Balaban J connectivity index is 1.23. The van der Waals surface area contributed by atoms with Crippen LogP contribution in [0.15, 0.2) is 10.6 Å². The molecule has 3 heterocycles. The Kier molecular flexibility index (Phi) is 4.21. The fourth-order valence-corrected chi connectivity index (χ4v) is 5.15. The van der Waals surface area contributed by atoms with Gasteiger partial charge in [0.25, 0.3) is 5.91 Å². The van der Waals surface area contributed by atoms with Crippen molar-refractivity contribution in [2.45, 2.75) is 51.5 Å². The highest BCUT2D eigenvalue weighted by atomic mass is 16.5. The number of H-pyrrole nitrogens is 1. The lowest BCUT2D eigenvalue weighted by Crippen LogP contribution is -2.54. The summed E-state index contributed by atoms with van der Waals surface area (Å²) in [7, 11) is 0. The van der Waals surface area contributed by atoms with Gasteiger partial charge in [0.05, 0.1) is 12.1 Å². The van der Waals surface area contributed by atoms with E-state index in [9.17, 15) is 9.59 Å². The first-order valence-electron chi connectivity index (χ1n) is 10.2. The SMILES string of the molecule is Cc1cc(CC(=O)N2C[C@H]3CC[C@@H](C2)C3NC(=O)c2n[nH]c3c2CCC3)on1. The summed E-state index contributed by atoms with van der Waals surface area (Å²) in [5, 5.41) is 14.3. The zero-order chi connectivity index (χ0) is 19.3. The van der Waals surface area contributed by atoms with Crippen molar-refractivity contribution >= 4 is 11.8 Å². The minimum absolute atomic E-state index is 0.0711. The fraction of sp³-hybridized carbons (Fsp3) is 0.600. The van der Waals surface area contributed by atoms with Crippen LogP contribution in [0.3, 0.4) is 0 Å². The first-order chi connectivity index (χ1) is 13.6. The van der Waals surface area contributed by atoms with E-state index in [0.717, 1.165) is 49.1 Å². The summed E-state index contributed by atoms with van der Waals surface area (Å²) < 4.78 is 5.18. The van der Waals surface area contributed by atoms with Crippen LogP contribution in [0.25, 0.3) is 0 Å². The number of piperidine rings is 1. The van der Waals surface area contributed by atoms with E-state index in [1.54, 1.807) is 0 Å². The van der Waals surface area contributed by atoms with Gasteiger partial charge in [-0.3, -0.25) is 14.7 Å². The summed E-state index contributed by atoms with van der Waals surface area (Å²) in [6.07, 6.45) is 5.32. The standard InChI is InChI=1S/C20H25N5O3/c1-11-7-14(28-24-11)8-17(26)25-9-12-5-6-13(10-25)18(12)21-20(27)19-15-3-2-4-16(15)22-23-19/h7,12-13,18H,2-6,8-10H2,1H3,(H,21,27)(H,22,23)/t12-,13+,18?. The molecule has 0 spiro atoms. The van der Waals surface area contributed by atoms with E-state index in [2.05, 4.69) is 20.7 Å². The number of aryl methyl sites for hydroxylation is 2. The van der Waals surface area contributed by atoms with Crippen LogP contribution in [-0.2, 0) is 24.1 Å². The summed E-state index contributed by atoms with van der Waals surface area (Å²) in [6, 6.07) is 1.93. The molecular formula is C20H25N5O3. The zero-order valence-electron chi connectivity index (χ0n) is 16.0.